The molecule has 18 nitrogen and oxygen atoms in total. The van der Waals surface area contributed by atoms with E-state index in [0.717, 1.165) is 0 Å². The van der Waals surface area contributed by atoms with Crippen LogP contribution in [0, 0.1) is 11.8 Å². The number of rotatable bonds is 9. The lowest BCUT2D eigenvalue weighted by Crippen LogP contribution is -2.61. The third kappa shape index (κ3) is 13.7. The van der Waals surface area contributed by atoms with E-state index in [4.69, 9.17) is 4.74 Å². The summed E-state index contributed by atoms with van der Waals surface area (Å²) in [5.74, 6) is -7.49. The van der Waals surface area contributed by atoms with Crippen LogP contribution in [-0.2, 0) is 49.5 Å². The minimum Gasteiger partial charge on any atom is -0.508 e. The van der Waals surface area contributed by atoms with Crippen LogP contribution < -0.4 is 37.2 Å². The summed E-state index contributed by atoms with van der Waals surface area (Å²) in [7, 11) is 0. The summed E-state index contributed by atoms with van der Waals surface area (Å²) in [6.07, 6.45) is -1.42. The van der Waals surface area contributed by atoms with Crippen molar-refractivity contribution in [3.8, 4) is 5.75 Å². The minimum absolute atomic E-state index is 0.0547. The number of carbonyl (C=O) groups excluding carboxylic acids is 8. The van der Waals surface area contributed by atoms with Gasteiger partial charge in [-0.05, 0) is 56.7 Å². The quantitative estimate of drug-likeness (QED) is 0.125. The van der Waals surface area contributed by atoms with Gasteiger partial charge in [-0.2, -0.15) is 0 Å². The largest absolute Gasteiger partial charge is 0.508 e. The van der Waals surface area contributed by atoms with Gasteiger partial charge in [-0.15, -0.1) is 0 Å². The summed E-state index contributed by atoms with van der Waals surface area (Å²) in [5, 5.41) is 37.0. The summed E-state index contributed by atoms with van der Waals surface area (Å²) >= 11 is 0. The molecule has 1 aliphatic rings. The highest BCUT2D eigenvalue weighted by Gasteiger charge is 2.38. The van der Waals surface area contributed by atoms with E-state index >= 15 is 0 Å². The van der Waals surface area contributed by atoms with Gasteiger partial charge in [0.15, 0.2) is 0 Å². The molecule has 9 N–H and O–H groups in total. The van der Waals surface area contributed by atoms with Gasteiger partial charge >= 0.3 is 5.97 Å². The molecular formula is C35H53N7O11. The summed E-state index contributed by atoms with van der Waals surface area (Å²) in [6.45, 7) is 11.1. The molecule has 1 heterocycles. The number of hydrogen-bond acceptors (Lipinski definition) is 11. The Morgan fingerprint density at radius 2 is 1.30 bits per heavy atom. The number of aliphatic hydroxyl groups is 1. The first-order valence-corrected chi connectivity index (χ1v) is 17.4. The molecule has 8 unspecified atom stereocenters. The number of aliphatic hydroxyl groups excluding tert-OH is 1. The van der Waals surface area contributed by atoms with E-state index < -0.39 is 108 Å². The van der Waals surface area contributed by atoms with Crippen LogP contribution in [0.3, 0.4) is 0 Å². The molecule has 1 aromatic rings. The number of ether oxygens (including phenoxy) is 1. The fourth-order valence-electron chi connectivity index (χ4n) is 5.29. The van der Waals surface area contributed by atoms with Crippen molar-refractivity contribution >= 4 is 47.3 Å². The lowest BCUT2D eigenvalue weighted by molar-refractivity contribution is -0.157. The Hall–Kier alpha value is -5.26. The maximum absolute atomic E-state index is 14.1. The van der Waals surface area contributed by atoms with E-state index in [1.165, 1.54) is 52.0 Å². The van der Waals surface area contributed by atoms with Crippen LogP contribution in [0.25, 0.3) is 0 Å². The van der Waals surface area contributed by atoms with Gasteiger partial charge in [-0.25, -0.2) is 4.79 Å². The standard InChI is InChI=1S/C35H53N7O11/c1-16(2)13-24(38-21(8)44)32(49)42-28-20(7)53-35(52)27(17(3)4)41-33(50)26(15-43)40-30(47)19(6)36-29(46)18(5)37-31(48)25(39-34(28)51)14-22-9-11-23(45)12-10-22/h9-12,16-20,24-28,43,45H,13-15H2,1-8H3,(H,36,46)(H,37,48)(H,38,44)(H,39,51)(H,40,47)(H,41,50)(H,42,49). The monoisotopic (exact) mass is 747 g/mol. The van der Waals surface area contributed by atoms with Crippen LogP contribution >= 0.6 is 0 Å². The van der Waals surface area contributed by atoms with E-state index in [9.17, 15) is 48.6 Å². The molecule has 1 aromatic carbocycles. The zero-order valence-corrected chi connectivity index (χ0v) is 31.3. The Morgan fingerprint density at radius 3 is 1.83 bits per heavy atom. The lowest BCUT2D eigenvalue weighted by Gasteiger charge is -2.30. The topological polar surface area (TPSA) is 270 Å². The van der Waals surface area contributed by atoms with Crippen LogP contribution in [0.15, 0.2) is 24.3 Å². The summed E-state index contributed by atoms with van der Waals surface area (Å²) in [6, 6.07) is -3.81. The highest BCUT2D eigenvalue weighted by atomic mass is 16.5. The maximum Gasteiger partial charge on any atom is 0.329 e. The number of benzene rings is 1. The molecule has 2 rings (SSSR count). The van der Waals surface area contributed by atoms with E-state index in [2.05, 4.69) is 37.2 Å². The number of esters is 1. The van der Waals surface area contributed by atoms with Crippen molar-refractivity contribution in [1.29, 1.82) is 0 Å². The molecule has 0 spiro atoms. The van der Waals surface area contributed by atoms with Crippen LogP contribution in [0.4, 0.5) is 0 Å². The normalized spacial score (nSPS) is 26.0. The lowest BCUT2D eigenvalue weighted by atomic mass is 10.0. The maximum atomic E-state index is 14.1. The fraction of sp³-hybridized carbons (Fsp3) is 0.600. The van der Waals surface area contributed by atoms with Crippen molar-refractivity contribution in [2.45, 2.75) is 117 Å². The van der Waals surface area contributed by atoms with Crippen LogP contribution in [0.2, 0.25) is 0 Å². The van der Waals surface area contributed by atoms with Crippen LogP contribution in [0.5, 0.6) is 5.75 Å². The van der Waals surface area contributed by atoms with Crippen molar-refractivity contribution in [3.05, 3.63) is 29.8 Å². The molecule has 18 heteroatoms. The number of hydrogen-bond donors (Lipinski definition) is 9. The highest BCUT2D eigenvalue weighted by molar-refractivity contribution is 5.97. The second kappa shape index (κ2) is 20.1. The number of amides is 7. The van der Waals surface area contributed by atoms with Gasteiger partial charge in [0.2, 0.25) is 41.4 Å². The first-order valence-electron chi connectivity index (χ1n) is 17.4. The summed E-state index contributed by atoms with van der Waals surface area (Å²) in [4.78, 5) is 106. The summed E-state index contributed by atoms with van der Waals surface area (Å²) in [5.41, 5.74) is 0.487. The molecule has 1 fully saturated rings. The molecule has 1 saturated heterocycles. The predicted molar refractivity (Wildman–Crippen MR) is 189 cm³/mol. The third-order valence-electron chi connectivity index (χ3n) is 8.30. The van der Waals surface area contributed by atoms with Gasteiger partial charge in [0.05, 0.1) is 6.61 Å². The SMILES string of the molecule is CC(=O)NC(CC(C)C)C(=O)NC1C(=O)NC(Cc2ccc(O)cc2)C(=O)NC(C)C(=O)NC(C)C(=O)NC(CO)C(=O)NC(C(C)C)C(=O)OC1C. The van der Waals surface area contributed by atoms with Gasteiger partial charge in [0, 0.05) is 13.3 Å². The van der Waals surface area contributed by atoms with Crippen molar-refractivity contribution in [2.24, 2.45) is 11.8 Å². The van der Waals surface area contributed by atoms with Gasteiger partial charge in [0.1, 0.15) is 54.1 Å². The predicted octanol–water partition coefficient (Wildman–Crippen LogP) is -1.97. The average Bonchev–Trinajstić information content (AvgIpc) is 3.06. The summed E-state index contributed by atoms with van der Waals surface area (Å²) < 4.78 is 5.65. The number of phenols is 1. The molecule has 0 saturated carbocycles. The van der Waals surface area contributed by atoms with Gasteiger partial charge in [-0.3, -0.25) is 33.6 Å². The van der Waals surface area contributed by atoms with E-state index in [1.807, 2.05) is 13.8 Å². The van der Waals surface area contributed by atoms with Crippen molar-refractivity contribution < 1.29 is 53.3 Å². The van der Waals surface area contributed by atoms with Gasteiger partial charge in [-0.1, -0.05) is 39.8 Å². The van der Waals surface area contributed by atoms with Gasteiger partial charge in [0.25, 0.3) is 0 Å². The highest BCUT2D eigenvalue weighted by Crippen LogP contribution is 2.14. The molecule has 53 heavy (non-hydrogen) atoms. The first kappa shape index (κ1) is 43.9. The van der Waals surface area contributed by atoms with Crippen LogP contribution in [0.1, 0.15) is 67.4 Å². The van der Waals surface area contributed by atoms with Crippen molar-refractivity contribution in [3.63, 3.8) is 0 Å². The Kier molecular flexibility index (Phi) is 16.7. The zero-order valence-electron chi connectivity index (χ0n) is 31.3. The molecule has 0 aliphatic carbocycles. The fourth-order valence-corrected chi connectivity index (χ4v) is 5.29. The van der Waals surface area contributed by atoms with E-state index in [-0.39, 0.29) is 24.5 Å². The molecule has 0 radical (unpaired) electrons. The number of nitrogens with one attached hydrogen (secondary N) is 7. The molecule has 7 amide bonds. The molecule has 0 aromatic heterocycles. The van der Waals surface area contributed by atoms with E-state index in [1.54, 1.807) is 13.8 Å². The number of phenolic OH excluding ortho intramolecular Hbond substituents is 1. The van der Waals surface area contributed by atoms with Crippen molar-refractivity contribution in [2.75, 3.05) is 6.61 Å². The average molecular weight is 748 g/mol. The Labute approximate surface area is 308 Å². The molecular weight excluding hydrogens is 694 g/mol. The molecule has 8 atom stereocenters. The first-order chi connectivity index (χ1) is 24.7. The second-order valence-electron chi connectivity index (χ2n) is 13.9. The van der Waals surface area contributed by atoms with E-state index in [0.29, 0.717) is 5.56 Å². The number of cyclic esters (lactones) is 1. The number of aromatic hydroxyl groups is 1. The second-order valence-corrected chi connectivity index (χ2v) is 13.9. The Balaban J connectivity index is 2.65. The third-order valence-corrected chi connectivity index (χ3v) is 8.30. The molecule has 1 aliphatic heterocycles. The number of carbonyl (C=O) groups is 8. The minimum atomic E-state index is -1.67. The van der Waals surface area contributed by atoms with Gasteiger partial charge < -0.3 is 52.2 Å². The smallest absolute Gasteiger partial charge is 0.329 e. The molecule has 0 bridgehead atoms. The van der Waals surface area contributed by atoms with Crippen LogP contribution in [-0.4, -0.2) is 113 Å². The zero-order chi connectivity index (χ0) is 40.2. The molecule has 294 valence electrons. The Bertz CT molecular complexity index is 1500. The van der Waals surface area contributed by atoms with Crippen molar-refractivity contribution in [1.82, 2.24) is 37.2 Å². The Morgan fingerprint density at radius 1 is 0.774 bits per heavy atom.